The van der Waals surface area contributed by atoms with Gasteiger partial charge in [-0.25, -0.2) is 4.39 Å². The van der Waals surface area contributed by atoms with Crippen LogP contribution in [0.3, 0.4) is 0 Å². The minimum atomic E-state index is -0.353. The summed E-state index contributed by atoms with van der Waals surface area (Å²) >= 11 is 0. The third-order valence-corrected chi connectivity index (χ3v) is 3.99. The molecule has 106 valence electrons. The van der Waals surface area contributed by atoms with Gasteiger partial charge in [-0.05, 0) is 44.2 Å². The third kappa shape index (κ3) is 3.07. The zero-order chi connectivity index (χ0) is 13.9. The molecule has 0 saturated carbocycles. The molecule has 0 amide bonds. The molecule has 1 heterocycles. The number of nitrogens with two attached hydrogens (primary N) is 1. The molecule has 2 rings (SSSR count). The maximum absolute atomic E-state index is 14.1. The second-order valence-electron chi connectivity index (χ2n) is 5.36. The van der Waals surface area contributed by atoms with Crippen LogP contribution in [-0.4, -0.2) is 25.4 Å². The molecule has 1 saturated heterocycles. The van der Waals surface area contributed by atoms with E-state index in [1.807, 2.05) is 6.92 Å². The van der Waals surface area contributed by atoms with Gasteiger partial charge in [0.1, 0.15) is 0 Å². The summed E-state index contributed by atoms with van der Waals surface area (Å²) in [6.07, 6.45) is 3.58. The number of benzene rings is 1. The fourth-order valence-electron chi connectivity index (χ4n) is 2.57. The van der Waals surface area contributed by atoms with Crippen molar-refractivity contribution < 1.29 is 13.9 Å². The van der Waals surface area contributed by atoms with Gasteiger partial charge >= 0.3 is 0 Å². The van der Waals surface area contributed by atoms with E-state index in [4.69, 9.17) is 15.2 Å². The standard InChI is InChI=1S/C15H22FNO2/c1-15(8-3-4-9-19-15)13(17)10-11-6-5-7-12(18-2)14(11)16/h5-7,13H,3-4,8-10,17H2,1-2H3. The number of methoxy groups -OCH3 is 1. The molecule has 1 fully saturated rings. The maximum Gasteiger partial charge on any atom is 0.168 e. The Balaban J connectivity index is 2.12. The van der Waals surface area contributed by atoms with Gasteiger partial charge in [0.25, 0.3) is 0 Å². The minimum Gasteiger partial charge on any atom is -0.494 e. The summed E-state index contributed by atoms with van der Waals surface area (Å²) in [7, 11) is 1.47. The lowest BCUT2D eigenvalue weighted by atomic mass is 9.85. The van der Waals surface area contributed by atoms with Crippen LogP contribution in [0.1, 0.15) is 31.7 Å². The van der Waals surface area contributed by atoms with Crippen molar-refractivity contribution in [2.45, 2.75) is 44.2 Å². The summed E-state index contributed by atoms with van der Waals surface area (Å²) in [5.41, 5.74) is 6.47. The Morgan fingerprint density at radius 3 is 2.89 bits per heavy atom. The van der Waals surface area contributed by atoms with Gasteiger partial charge in [-0.3, -0.25) is 0 Å². The summed E-state index contributed by atoms with van der Waals surface area (Å²) in [4.78, 5) is 0. The second kappa shape index (κ2) is 5.88. The molecule has 2 atom stereocenters. The van der Waals surface area contributed by atoms with Crippen molar-refractivity contribution in [1.29, 1.82) is 0 Å². The number of halogens is 1. The highest BCUT2D eigenvalue weighted by molar-refractivity contribution is 5.31. The SMILES string of the molecule is COc1cccc(CC(N)C2(C)CCCCO2)c1F. The van der Waals surface area contributed by atoms with Crippen LogP contribution in [0.15, 0.2) is 18.2 Å². The molecular weight excluding hydrogens is 245 g/mol. The van der Waals surface area contributed by atoms with Crippen molar-refractivity contribution in [2.75, 3.05) is 13.7 Å². The fraction of sp³-hybridized carbons (Fsp3) is 0.600. The molecule has 4 heteroatoms. The normalized spacial score (nSPS) is 25.1. The van der Waals surface area contributed by atoms with Crippen LogP contribution in [0, 0.1) is 5.82 Å². The van der Waals surface area contributed by atoms with E-state index in [0.29, 0.717) is 12.0 Å². The molecule has 2 N–H and O–H groups in total. The Kier molecular flexibility index (Phi) is 4.42. The summed E-state index contributed by atoms with van der Waals surface area (Å²) < 4.78 is 24.9. The zero-order valence-corrected chi connectivity index (χ0v) is 11.6. The molecule has 0 aliphatic carbocycles. The monoisotopic (exact) mass is 267 g/mol. The molecule has 1 aliphatic rings. The van der Waals surface area contributed by atoms with Gasteiger partial charge in [0.15, 0.2) is 11.6 Å². The number of hydrogen-bond donors (Lipinski definition) is 1. The average molecular weight is 267 g/mol. The maximum atomic E-state index is 14.1. The highest BCUT2D eigenvalue weighted by Gasteiger charge is 2.35. The predicted octanol–water partition coefficient (Wildman–Crippen LogP) is 2.66. The topological polar surface area (TPSA) is 44.5 Å². The first-order valence-corrected chi connectivity index (χ1v) is 6.78. The lowest BCUT2D eigenvalue weighted by molar-refractivity contribution is -0.0809. The Hall–Kier alpha value is -1.13. The first kappa shape index (κ1) is 14.3. The van der Waals surface area contributed by atoms with Gasteiger partial charge < -0.3 is 15.2 Å². The van der Waals surface area contributed by atoms with Crippen molar-refractivity contribution >= 4 is 0 Å². The summed E-state index contributed by atoms with van der Waals surface area (Å²) in [6.45, 7) is 2.76. The molecule has 3 nitrogen and oxygen atoms in total. The third-order valence-electron chi connectivity index (χ3n) is 3.99. The van der Waals surface area contributed by atoms with Crippen LogP contribution >= 0.6 is 0 Å². The van der Waals surface area contributed by atoms with Crippen molar-refractivity contribution in [3.63, 3.8) is 0 Å². The van der Waals surface area contributed by atoms with Crippen LogP contribution in [0.5, 0.6) is 5.75 Å². The average Bonchev–Trinajstić information content (AvgIpc) is 2.42. The first-order chi connectivity index (χ1) is 9.07. The van der Waals surface area contributed by atoms with Gasteiger partial charge in [0, 0.05) is 12.6 Å². The van der Waals surface area contributed by atoms with Gasteiger partial charge in [-0.15, -0.1) is 0 Å². The zero-order valence-electron chi connectivity index (χ0n) is 11.6. The Morgan fingerprint density at radius 1 is 1.47 bits per heavy atom. The van der Waals surface area contributed by atoms with Crippen LogP contribution in [-0.2, 0) is 11.2 Å². The molecule has 2 unspecified atom stereocenters. The molecule has 1 aromatic carbocycles. The molecule has 1 aromatic rings. The minimum absolute atomic E-state index is 0.214. The highest BCUT2D eigenvalue weighted by Crippen LogP contribution is 2.30. The van der Waals surface area contributed by atoms with Crippen molar-refractivity contribution in [3.8, 4) is 5.75 Å². The van der Waals surface area contributed by atoms with E-state index in [9.17, 15) is 4.39 Å². The summed E-state index contributed by atoms with van der Waals surface area (Å²) in [5.74, 6) is -0.0562. The van der Waals surface area contributed by atoms with Crippen molar-refractivity contribution in [3.05, 3.63) is 29.6 Å². The van der Waals surface area contributed by atoms with E-state index in [0.717, 1.165) is 25.9 Å². The summed E-state index contributed by atoms with van der Waals surface area (Å²) in [5, 5.41) is 0. The predicted molar refractivity (Wildman–Crippen MR) is 72.8 cm³/mol. The van der Waals surface area contributed by atoms with E-state index in [-0.39, 0.29) is 23.2 Å². The Bertz CT molecular complexity index is 430. The highest BCUT2D eigenvalue weighted by atomic mass is 19.1. The Morgan fingerprint density at radius 2 is 2.26 bits per heavy atom. The summed E-state index contributed by atoms with van der Waals surface area (Å²) in [6, 6.07) is 4.94. The number of hydrogen-bond acceptors (Lipinski definition) is 3. The van der Waals surface area contributed by atoms with Crippen LogP contribution in [0.4, 0.5) is 4.39 Å². The Labute approximate surface area is 113 Å². The van der Waals surface area contributed by atoms with Gasteiger partial charge in [0.2, 0.25) is 0 Å². The molecule has 0 radical (unpaired) electrons. The molecule has 1 aliphatic heterocycles. The lowest BCUT2D eigenvalue weighted by Gasteiger charge is -2.39. The van der Waals surface area contributed by atoms with Crippen molar-refractivity contribution in [2.24, 2.45) is 5.73 Å². The van der Waals surface area contributed by atoms with Gasteiger partial charge in [-0.1, -0.05) is 12.1 Å². The van der Waals surface area contributed by atoms with E-state index in [2.05, 4.69) is 0 Å². The second-order valence-corrected chi connectivity index (χ2v) is 5.36. The van der Waals surface area contributed by atoms with Crippen LogP contribution < -0.4 is 10.5 Å². The number of rotatable bonds is 4. The quantitative estimate of drug-likeness (QED) is 0.912. The molecular formula is C15H22FNO2. The largest absolute Gasteiger partial charge is 0.494 e. The van der Waals surface area contributed by atoms with Gasteiger partial charge in [-0.2, -0.15) is 0 Å². The van der Waals surface area contributed by atoms with Crippen LogP contribution in [0.25, 0.3) is 0 Å². The first-order valence-electron chi connectivity index (χ1n) is 6.78. The fourth-order valence-corrected chi connectivity index (χ4v) is 2.57. The van der Waals surface area contributed by atoms with E-state index >= 15 is 0 Å². The number of ether oxygens (including phenoxy) is 2. The lowest BCUT2D eigenvalue weighted by Crippen LogP contribution is -2.50. The van der Waals surface area contributed by atoms with Crippen molar-refractivity contribution in [1.82, 2.24) is 0 Å². The molecule has 0 spiro atoms. The molecule has 0 aromatic heterocycles. The van der Waals surface area contributed by atoms with E-state index in [1.54, 1.807) is 18.2 Å². The van der Waals surface area contributed by atoms with Gasteiger partial charge in [0.05, 0.1) is 12.7 Å². The smallest absolute Gasteiger partial charge is 0.168 e. The van der Waals surface area contributed by atoms with E-state index < -0.39 is 0 Å². The molecule has 0 bridgehead atoms. The van der Waals surface area contributed by atoms with Crippen LogP contribution in [0.2, 0.25) is 0 Å². The van der Waals surface area contributed by atoms with E-state index in [1.165, 1.54) is 7.11 Å². The molecule has 19 heavy (non-hydrogen) atoms.